The second-order valence-corrected chi connectivity index (χ2v) is 9.85. The monoisotopic (exact) mass is 468 g/mol. The van der Waals surface area contributed by atoms with E-state index in [1.54, 1.807) is 30.5 Å². The molecule has 11 heteroatoms. The van der Waals surface area contributed by atoms with Crippen LogP contribution < -0.4 is 11.1 Å². The van der Waals surface area contributed by atoms with Crippen molar-refractivity contribution in [1.82, 2.24) is 24.7 Å². The van der Waals surface area contributed by atoms with Crippen molar-refractivity contribution in [2.75, 3.05) is 24.3 Å². The molecule has 0 unspecified atom stereocenters. The fourth-order valence-electron chi connectivity index (χ4n) is 3.30. The molecule has 0 atom stereocenters. The van der Waals surface area contributed by atoms with Crippen molar-refractivity contribution in [3.8, 4) is 22.5 Å². The van der Waals surface area contributed by atoms with E-state index in [-0.39, 0.29) is 23.8 Å². The molecule has 170 valence electrons. The Hall–Kier alpha value is -3.86. The molecule has 0 aliphatic heterocycles. The first-order valence-corrected chi connectivity index (χ1v) is 12.0. The molecule has 0 spiro atoms. The number of aromatic nitrogens is 4. The highest BCUT2D eigenvalue weighted by Gasteiger charge is 2.21. The summed E-state index contributed by atoms with van der Waals surface area (Å²) in [6.45, 7) is 1.81. The standard InChI is InChI=1S/C22H21FN6O3S/c1-13-11-26-17-8-5-15(12-29(13)17)19-18(14-3-6-16(23)7-4-14)28-21(24)20(27-19)22(30)25-9-10-33(2,31)32/h3-8,11-12H,9-10H2,1-2H3,(H2,24,28)(H,25,30). The Morgan fingerprint density at radius 1 is 1.09 bits per heavy atom. The molecule has 0 aliphatic carbocycles. The zero-order valence-electron chi connectivity index (χ0n) is 17.9. The minimum absolute atomic E-state index is 0.0893. The molecule has 0 radical (unpaired) electrons. The Balaban J connectivity index is 1.83. The molecule has 0 saturated carbocycles. The van der Waals surface area contributed by atoms with Gasteiger partial charge in [0.1, 0.15) is 21.3 Å². The predicted molar refractivity (Wildman–Crippen MR) is 123 cm³/mol. The third-order valence-corrected chi connectivity index (χ3v) is 5.92. The quantitative estimate of drug-likeness (QED) is 0.443. The maximum atomic E-state index is 13.5. The summed E-state index contributed by atoms with van der Waals surface area (Å²) in [5, 5.41) is 2.51. The maximum Gasteiger partial charge on any atom is 0.273 e. The molecule has 4 aromatic rings. The smallest absolute Gasteiger partial charge is 0.273 e. The predicted octanol–water partition coefficient (Wildman–Crippen LogP) is 2.26. The summed E-state index contributed by atoms with van der Waals surface area (Å²) < 4.78 is 38.1. The van der Waals surface area contributed by atoms with Crippen LogP contribution in [0.2, 0.25) is 0 Å². The summed E-state index contributed by atoms with van der Waals surface area (Å²) in [4.78, 5) is 25.9. The van der Waals surface area contributed by atoms with Crippen molar-refractivity contribution in [3.05, 3.63) is 66.0 Å². The first kappa shape index (κ1) is 22.3. The number of nitrogens with zero attached hydrogens (tertiary/aromatic N) is 4. The van der Waals surface area contributed by atoms with Crippen molar-refractivity contribution in [2.24, 2.45) is 0 Å². The molecule has 0 bridgehead atoms. The zero-order valence-corrected chi connectivity index (χ0v) is 18.7. The van der Waals surface area contributed by atoms with Crippen LogP contribution in [0.15, 0.2) is 48.8 Å². The van der Waals surface area contributed by atoms with Gasteiger partial charge in [-0.25, -0.2) is 27.8 Å². The van der Waals surface area contributed by atoms with Crippen molar-refractivity contribution in [2.45, 2.75) is 6.92 Å². The number of sulfone groups is 1. The van der Waals surface area contributed by atoms with Gasteiger partial charge in [-0.1, -0.05) is 0 Å². The average molecular weight is 469 g/mol. The highest BCUT2D eigenvalue weighted by Crippen LogP contribution is 2.31. The van der Waals surface area contributed by atoms with E-state index in [0.717, 1.165) is 17.6 Å². The molecular weight excluding hydrogens is 447 g/mol. The van der Waals surface area contributed by atoms with E-state index < -0.39 is 21.6 Å². The Labute approximate surface area is 189 Å². The first-order chi connectivity index (χ1) is 15.6. The second kappa shape index (κ2) is 8.58. The number of carbonyl (C=O) groups is 1. The summed E-state index contributed by atoms with van der Waals surface area (Å²) >= 11 is 0. The topological polar surface area (TPSA) is 132 Å². The molecule has 3 aromatic heterocycles. The van der Waals surface area contributed by atoms with Gasteiger partial charge >= 0.3 is 0 Å². The third-order valence-electron chi connectivity index (χ3n) is 4.98. The number of benzene rings is 1. The SMILES string of the molecule is Cc1cnc2ccc(-c3nc(C(=O)NCCS(C)(=O)=O)c(N)nc3-c3ccc(F)cc3)cn12. The van der Waals surface area contributed by atoms with Crippen molar-refractivity contribution in [3.63, 3.8) is 0 Å². The summed E-state index contributed by atoms with van der Waals surface area (Å²) in [6.07, 6.45) is 4.63. The van der Waals surface area contributed by atoms with Gasteiger partial charge in [-0.15, -0.1) is 0 Å². The number of nitrogens with one attached hydrogen (secondary N) is 1. The Morgan fingerprint density at radius 3 is 2.45 bits per heavy atom. The normalized spacial score (nSPS) is 11.6. The fraction of sp³-hybridized carbons (Fsp3) is 0.182. The lowest BCUT2D eigenvalue weighted by Crippen LogP contribution is -2.30. The van der Waals surface area contributed by atoms with Crippen LogP contribution in [0.4, 0.5) is 10.2 Å². The fourth-order valence-corrected chi connectivity index (χ4v) is 3.77. The third kappa shape index (κ3) is 4.82. The van der Waals surface area contributed by atoms with Gasteiger partial charge in [-0.3, -0.25) is 4.79 Å². The molecule has 4 rings (SSSR count). The summed E-state index contributed by atoms with van der Waals surface area (Å²) in [5.41, 5.74) is 9.49. The number of fused-ring (bicyclic) bond motifs is 1. The van der Waals surface area contributed by atoms with Crippen LogP contribution in [0.5, 0.6) is 0 Å². The van der Waals surface area contributed by atoms with Gasteiger partial charge in [-0.2, -0.15) is 0 Å². The van der Waals surface area contributed by atoms with Crippen LogP contribution in [0.1, 0.15) is 16.2 Å². The van der Waals surface area contributed by atoms with Gasteiger partial charge < -0.3 is 15.5 Å². The highest BCUT2D eigenvalue weighted by atomic mass is 32.2. The van der Waals surface area contributed by atoms with Gasteiger partial charge in [-0.05, 0) is 43.3 Å². The Kier molecular flexibility index (Phi) is 5.81. The van der Waals surface area contributed by atoms with Crippen LogP contribution in [0.3, 0.4) is 0 Å². The summed E-state index contributed by atoms with van der Waals surface area (Å²) in [7, 11) is -3.25. The minimum Gasteiger partial charge on any atom is -0.382 e. The van der Waals surface area contributed by atoms with E-state index in [0.29, 0.717) is 22.5 Å². The number of pyridine rings is 1. The molecule has 1 amide bonds. The number of nitrogen functional groups attached to an aromatic ring is 1. The number of hydrogen-bond acceptors (Lipinski definition) is 7. The molecule has 9 nitrogen and oxygen atoms in total. The van der Waals surface area contributed by atoms with Gasteiger partial charge in [0.15, 0.2) is 11.5 Å². The van der Waals surface area contributed by atoms with E-state index in [9.17, 15) is 17.6 Å². The number of amides is 1. The first-order valence-electron chi connectivity index (χ1n) is 9.96. The van der Waals surface area contributed by atoms with Gasteiger partial charge in [0.2, 0.25) is 0 Å². The molecule has 0 aliphatic rings. The van der Waals surface area contributed by atoms with E-state index in [2.05, 4.69) is 20.3 Å². The van der Waals surface area contributed by atoms with Crippen LogP contribution in [-0.2, 0) is 9.84 Å². The molecule has 1 aromatic carbocycles. The molecule has 3 heterocycles. The number of nitrogens with two attached hydrogens (primary N) is 1. The number of anilines is 1. The summed E-state index contributed by atoms with van der Waals surface area (Å²) in [5.74, 6) is -1.40. The number of halogens is 1. The van der Waals surface area contributed by atoms with E-state index in [4.69, 9.17) is 5.73 Å². The lowest BCUT2D eigenvalue weighted by Gasteiger charge is -2.13. The van der Waals surface area contributed by atoms with Crippen LogP contribution in [0.25, 0.3) is 28.2 Å². The van der Waals surface area contributed by atoms with Gasteiger partial charge in [0.05, 0.1) is 17.1 Å². The molecule has 0 saturated heterocycles. The number of aryl methyl sites for hydroxylation is 1. The average Bonchev–Trinajstić information content (AvgIpc) is 3.13. The molecule has 33 heavy (non-hydrogen) atoms. The molecular formula is C22H21FN6O3S. The minimum atomic E-state index is -3.25. The Bertz CT molecular complexity index is 1470. The van der Waals surface area contributed by atoms with Gasteiger partial charge in [0.25, 0.3) is 5.91 Å². The molecule has 0 fully saturated rings. The molecule has 3 N–H and O–H groups in total. The van der Waals surface area contributed by atoms with Crippen LogP contribution in [-0.4, -0.2) is 52.2 Å². The van der Waals surface area contributed by atoms with Crippen molar-refractivity contribution in [1.29, 1.82) is 0 Å². The van der Waals surface area contributed by atoms with Crippen molar-refractivity contribution >= 4 is 27.2 Å². The lowest BCUT2D eigenvalue weighted by atomic mass is 10.0. The van der Waals surface area contributed by atoms with E-state index in [1.807, 2.05) is 17.5 Å². The van der Waals surface area contributed by atoms with Crippen LogP contribution >= 0.6 is 0 Å². The number of imidazole rings is 1. The number of rotatable bonds is 6. The van der Waals surface area contributed by atoms with E-state index >= 15 is 0 Å². The maximum absolute atomic E-state index is 13.5. The number of carbonyl (C=O) groups excluding carboxylic acids is 1. The van der Waals surface area contributed by atoms with Crippen molar-refractivity contribution < 1.29 is 17.6 Å². The largest absolute Gasteiger partial charge is 0.382 e. The summed E-state index contributed by atoms with van der Waals surface area (Å²) in [6, 6.07) is 9.29. The van der Waals surface area contributed by atoms with Crippen LogP contribution in [0, 0.1) is 12.7 Å². The second-order valence-electron chi connectivity index (χ2n) is 7.59. The van der Waals surface area contributed by atoms with E-state index in [1.165, 1.54) is 12.1 Å². The Morgan fingerprint density at radius 2 is 1.76 bits per heavy atom. The zero-order chi connectivity index (χ0) is 23.8. The van der Waals surface area contributed by atoms with Gasteiger partial charge in [0, 0.05) is 42.0 Å². The number of hydrogen-bond donors (Lipinski definition) is 2. The highest BCUT2D eigenvalue weighted by molar-refractivity contribution is 7.90. The lowest BCUT2D eigenvalue weighted by molar-refractivity contribution is 0.0952.